The van der Waals surface area contributed by atoms with Crippen molar-refractivity contribution in [1.29, 1.82) is 0 Å². The summed E-state index contributed by atoms with van der Waals surface area (Å²) in [6.07, 6.45) is 0.372. The fraction of sp³-hybridized carbons (Fsp3) is 0.429. The zero-order valence-corrected chi connectivity index (χ0v) is 12.4. The van der Waals surface area contributed by atoms with Gasteiger partial charge < -0.3 is 15.3 Å². The number of carbonyl (C=O) groups excluding carboxylic acids is 2. The first kappa shape index (κ1) is 16.2. The Morgan fingerprint density at radius 2 is 2.25 bits per heavy atom. The maximum absolute atomic E-state index is 12.0. The molecule has 2 N–H and O–H groups in total. The summed E-state index contributed by atoms with van der Waals surface area (Å²) < 4.78 is 0. The molecule has 0 bridgehead atoms. The van der Waals surface area contributed by atoms with E-state index in [-0.39, 0.29) is 25.0 Å². The number of likely N-dealkylation sites (N-methyl/N-ethyl adjacent to an activating group) is 1. The van der Waals surface area contributed by atoms with Gasteiger partial charge in [-0.1, -0.05) is 11.8 Å². The van der Waals surface area contributed by atoms with Crippen molar-refractivity contribution in [3.63, 3.8) is 0 Å². The zero-order valence-electron chi connectivity index (χ0n) is 11.6. The number of thiophene rings is 1. The molecule has 1 aromatic heterocycles. The summed E-state index contributed by atoms with van der Waals surface area (Å²) in [7, 11) is 1.69. The molecular weight excluding hydrogens is 276 g/mol. The minimum absolute atomic E-state index is 0.00345. The van der Waals surface area contributed by atoms with E-state index >= 15 is 0 Å². The van der Waals surface area contributed by atoms with Gasteiger partial charge in [-0.05, 0) is 18.4 Å². The normalized spacial score (nSPS) is 9.55. The van der Waals surface area contributed by atoms with E-state index in [1.54, 1.807) is 18.5 Å². The summed E-state index contributed by atoms with van der Waals surface area (Å²) in [5, 5.41) is 13.0. The summed E-state index contributed by atoms with van der Waals surface area (Å²) in [4.78, 5) is 25.6. The Bertz CT molecular complexity index is 528. The van der Waals surface area contributed by atoms with Gasteiger partial charge in [0.05, 0.1) is 13.2 Å². The summed E-state index contributed by atoms with van der Waals surface area (Å²) in [5.41, 5.74) is 0.622. The number of nitrogens with zero attached hydrogens (tertiary/aromatic N) is 1. The number of carbonyl (C=O) groups is 2. The Balaban J connectivity index is 2.63. The highest BCUT2D eigenvalue weighted by molar-refractivity contribution is 7.12. The van der Waals surface area contributed by atoms with Crippen LogP contribution in [-0.2, 0) is 4.79 Å². The summed E-state index contributed by atoms with van der Waals surface area (Å²) in [5.74, 6) is 5.18. The Morgan fingerprint density at radius 3 is 2.90 bits per heavy atom. The molecule has 0 radical (unpaired) electrons. The number of aliphatic hydroxyl groups excluding tert-OH is 1. The highest BCUT2D eigenvalue weighted by atomic mass is 32.1. The van der Waals surface area contributed by atoms with Crippen molar-refractivity contribution in [2.45, 2.75) is 13.3 Å². The largest absolute Gasteiger partial charge is 0.395 e. The average Bonchev–Trinajstić information content (AvgIpc) is 2.92. The van der Waals surface area contributed by atoms with E-state index in [0.29, 0.717) is 23.4 Å². The van der Waals surface area contributed by atoms with Gasteiger partial charge >= 0.3 is 0 Å². The lowest BCUT2D eigenvalue weighted by Gasteiger charge is -2.14. The number of hydrogen-bond acceptors (Lipinski definition) is 4. The molecule has 0 aliphatic rings. The number of rotatable bonds is 5. The molecule has 108 valence electrons. The molecule has 0 fully saturated rings. The van der Waals surface area contributed by atoms with Crippen LogP contribution in [0.25, 0.3) is 0 Å². The SMILES string of the molecule is CCN(C)C(=O)CNC(=O)c1sccc1C#CCCO. The van der Waals surface area contributed by atoms with E-state index in [9.17, 15) is 9.59 Å². The fourth-order valence-corrected chi connectivity index (χ4v) is 2.11. The van der Waals surface area contributed by atoms with Crippen molar-refractivity contribution in [2.75, 3.05) is 26.7 Å². The molecule has 1 rings (SSSR count). The Hall–Kier alpha value is -1.84. The van der Waals surface area contributed by atoms with Gasteiger partial charge in [-0.15, -0.1) is 11.3 Å². The standard InChI is InChI=1S/C14H18N2O3S/c1-3-16(2)12(18)10-15-14(19)13-11(7-9-20-13)6-4-5-8-17/h7,9,17H,3,5,8,10H2,1-2H3,(H,15,19). The van der Waals surface area contributed by atoms with Gasteiger partial charge in [0, 0.05) is 25.6 Å². The van der Waals surface area contributed by atoms with Gasteiger partial charge in [0.15, 0.2) is 0 Å². The smallest absolute Gasteiger partial charge is 0.263 e. The molecule has 0 saturated heterocycles. The summed E-state index contributed by atoms with van der Waals surface area (Å²) >= 11 is 1.28. The first-order valence-electron chi connectivity index (χ1n) is 6.29. The van der Waals surface area contributed by atoms with Crippen LogP contribution >= 0.6 is 11.3 Å². The van der Waals surface area contributed by atoms with E-state index in [1.165, 1.54) is 16.2 Å². The lowest BCUT2D eigenvalue weighted by atomic mass is 10.2. The zero-order chi connectivity index (χ0) is 15.0. The van der Waals surface area contributed by atoms with Crippen LogP contribution in [-0.4, -0.2) is 48.6 Å². The van der Waals surface area contributed by atoms with Crippen molar-refractivity contribution in [2.24, 2.45) is 0 Å². The van der Waals surface area contributed by atoms with Crippen molar-refractivity contribution in [1.82, 2.24) is 10.2 Å². The van der Waals surface area contributed by atoms with Crippen LogP contribution in [0.4, 0.5) is 0 Å². The second-order valence-electron chi connectivity index (χ2n) is 4.03. The van der Waals surface area contributed by atoms with Gasteiger partial charge in [-0.2, -0.15) is 0 Å². The predicted molar refractivity (Wildman–Crippen MR) is 78.5 cm³/mol. The Morgan fingerprint density at radius 1 is 1.50 bits per heavy atom. The number of nitrogens with one attached hydrogen (secondary N) is 1. The third-order valence-electron chi connectivity index (χ3n) is 2.63. The second-order valence-corrected chi connectivity index (χ2v) is 4.95. The summed E-state index contributed by atoms with van der Waals surface area (Å²) in [6, 6.07) is 1.75. The van der Waals surface area contributed by atoms with Crippen LogP contribution in [0, 0.1) is 11.8 Å². The van der Waals surface area contributed by atoms with Gasteiger partial charge in [0.2, 0.25) is 5.91 Å². The highest BCUT2D eigenvalue weighted by Crippen LogP contribution is 2.15. The van der Waals surface area contributed by atoms with Crippen molar-refractivity contribution < 1.29 is 14.7 Å². The molecule has 20 heavy (non-hydrogen) atoms. The molecule has 0 atom stereocenters. The molecule has 1 heterocycles. The molecule has 0 aliphatic carbocycles. The Labute approximate surface area is 122 Å². The first-order valence-corrected chi connectivity index (χ1v) is 7.17. The Kier molecular flexibility index (Phi) is 6.77. The van der Waals surface area contributed by atoms with Gasteiger partial charge in [-0.3, -0.25) is 9.59 Å². The van der Waals surface area contributed by atoms with Crippen molar-refractivity contribution in [3.05, 3.63) is 21.9 Å². The summed E-state index contributed by atoms with van der Waals surface area (Å²) in [6.45, 7) is 2.44. The number of aliphatic hydroxyl groups is 1. The minimum Gasteiger partial charge on any atom is -0.395 e. The van der Waals surface area contributed by atoms with Crippen LogP contribution in [0.5, 0.6) is 0 Å². The van der Waals surface area contributed by atoms with E-state index in [4.69, 9.17) is 5.11 Å². The molecule has 1 aromatic rings. The molecule has 0 spiro atoms. The lowest BCUT2D eigenvalue weighted by molar-refractivity contribution is -0.128. The maximum Gasteiger partial charge on any atom is 0.263 e. The molecule has 0 aromatic carbocycles. The van der Waals surface area contributed by atoms with Crippen molar-refractivity contribution >= 4 is 23.2 Å². The first-order chi connectivity index (χ1) is 9.60. The average molecular weight is 294 g/mol. The van der Waals surface area contributed by atoms with E-state index in [0.717, 1.165) is 0 Å². The monoisotopic (exact) mass is 294 g/mol. The minimum atomic E-state index is -0.300. The number of hydrogen-bond donors (Lipinski definition) is 2. The third kappa shape index (κ3) is 4.68. The van der Waals surface area contributed by atoms with E-state index < -0.39 is 0 Å². The quantitative estimate of drug-likeness (QED) is 0.785. The van der Waals surface area contributed by atoms with Gasteiger partial charge in [0.1, 0.15) is 4.88 Å². The van der Waals surface area contributed by atoms with Crippen LogP contribution < -0.4 is 5.32 Å². The fourth-order valence-electron chi connectivity index (χ4n) is 1.34. The highest BCUT2D eigenvalue weighted by Gasteiger charge is 2.14. The molecule has 6 heteroatoms. The number of amides is 2. The van der Waals surface area contributed by atoms with Crippen LogP contribution in [0.3, 0.4) is 0 Å². The second kappa shape index (κ2) is 8.35. The third-order valence-corrected chi connectivity index (χ3v) is 3.54. The topological polar surface area (TPSA) is 69.6 Å². The van der Waals surface area contributed by atoms with Gasteiger partial charge in [0.25, 0.3) is 5.91 Å². The van der Waals surface area contributed by atoms with Crippen LogP contribution in [0.15, 0.2) is 11.4 Å². The molecule has 0 aliphatic heterocycles. The van der Waals surface area contributed by atoms with Gasteiger partial charge in [-0.25, -0.2) is 0 Å². The molecule has 0 unspecified atom stereocenters. The van der Waals surface area contributed by atoms with Crippen molar-refractivity contribution in [3.8, 4) is 11.8 Å². The molecule has 0 saturated carbocycles. The van der Waals surface area contributed by atoms with Crippen LogP contribution in [0.1, 0.15) is 28.6 Å². The van der Waals surface area contributed by atoms with E-state index in [2.05, 4.69) is 17.2 Å². The molecule has 2 amide bonds. The van der Waals surface area contributed by atoms with E-state index in [1.807, 2.05) is 6.92 Å². The molecular formula is C14H18N2O3S. The lowest BCUT2D eigenvalue weighted by Crippen LogP contribution is -2.37. The predicted octanol–water partition coefficient (Wildman–Crippen LogP) is 0.690. The molecule has 5 nitrogen and oxygen atoms in total. The maximum atomic E-state index is 12.0. The van der Waals surface area contributed by atoms with Crippen LogP contribution in [0.2, 0.25) is 0 Å².